The van der Waals surface area contributed by atoms with Crippen LogP contribution >= 0.6 is 0 Å². The van der Waals surface area contributed by atoms with Gasteiger partial charge in [-0.1, -0.05) is 13.0 Å². The largest absolute Gasteiger partial charge is 0.497 e. The van der Waals surface area contributed by atoms with Crippen molar-refractivity contribution < 1.29 is 13.5 Å². The van der Waals surface area contributed by atoms with Gasteiger partial charge in [0.15, 0.2) is 0 Å². The van der Waals surface area contributed by atoms with E-state index in [0.29, 0.717) is 11.3 Å². The highest BCUT2D eigenvalue weighted by molar-refractivity contribution is 5.37. The number of methoxy groups -OCH3 is 1. The van der Waals surface area contributed by atoms with E-state index in [9.17, 15) is 4.39 Å². The lowest BCUT2D eigenvalue weighted by molar-refractivity contribution is 0.410. The van der Waals surface area contributed by atoms with Crippen molar-refractivity contribution in [3.63, 3.8) is 0 Å². The van der Waals surface area contributed by atoms with E-state index in [1.807, 2.05) is 13.0 Å². The molecule has 0 amide bonds. The highest BCUT2D eigenvalue weighted by atomic mass is 19.1. The van der Waals surface area contributed by atoms with E-state index in [4.69, 9.17) is 9.15 Å². The molecule has 0 saturated carbocycles. The van der Waals surface area contributed by atoms with Crippen molar-refractivity contribution in [1.82, 2.24) is 5.32 Å². The number of hydrogen-bond donors (Lipinski definition) is 1. The molecule has 0 bridgehead atoms. The van der Waals surface area contributed by atoms with Crippen LogP contribution < -0.4 is 10.1 Å². The van der Waals surface area contributed by atoms with Gasteiger partial charge >= 0.3 is 0 Å². The van der Waals surface area contributed by atoms with Crippen molar-refractivity contribution in [2.24, 2.45) is 0 Å². The second-order valence-electron chi connectivity index (χ2n) is 4.26. The van der Waals surface area contributed by atoms with E-state index < -0.39 is 0 Å². The molecule has 2 aromatic rings. The fourth-order valence-corrected chi connectivity index (χ4v) is 2.24. The fourth-order valence-electron chi connectivity index (χ4n) is 2.24. The van der Waals surface area contributed by atoms with Crippen LogP contribution in [0.5, 0.6) is 5.75 Å². The first-order valence-electron chi connectivity index (χ1n) is 6.28. The second-order valence-corrected chi connectivity index (χ2v) is 4.26. The molecule has 1 N–H and O–H groups in total. The van der Waals surface area contributed by atoms with Crippen LogP contribution in [0.4, 0.5) is 4.39 Å². The lowest BCUT2D eigenvalue weighted by Gasteiger charge is -2.18. The molecule has 0 aliphatic rings. The number of furan rings is 1. The van der Waals surface area contributed by atoms with E-state index in [1.165, 1.54) is 13.2 Å². The topological polar surface area (TPSA) is 34.4 Å². The molecule has 0 radical (unpaired) electrons. The Labute approximate surface area is 112 Å². The second kappa shape index (κ2) is 5.89. The first kappa shape index (κ1) is 13.6. The van der Waals surface area contributed by atoms with Crippen molar-refractivity contribution in [2.45, 2.75) is 19.4 Å². The van der Waals surface area contributed by atoms with Crippen LogP contribution in [0.3, 0.4) is 0 Å². The zero-order chi connectivity index (χ0) is 13.8. The third kappa shape index (κ3) is 2.63. The predicted octanol–water partition coefficient (Wildman–Crippen LogP) is 3.30. The van der Waals surface area contributed by atoms with Crippen LogP contribution in [-0.4, -0.2) is 14.2 Å². The number of hydrogen-bond acceptors (Lipinski definition) is 3. The molecule has 1 aromatic heterocycles. The number of ether oxygens (including phenoxy) is 1. The number of aryl methyl sites for hydroxylation is 1. The molecular weight excluding hydrogens is 245 g/mol. The maximum Gasteiger partial charge on any atom is 0.132 e. The number of halogens is 1. The molecular formula is C15H18FNO2. The summed E-state index contributed by atoms with van der Waals surface area (Å²) in [5, 5.41) is 3.13. The van der Waals surface area contributed by atoms with Gasteiger partial charge in [-0.25, -0.2) is 4.39 Å². The minimum Gasteiger partial charge on any atom is -0.497 e. The number of nitrogens with one attached hydrogen (secondary N) is 1. The molecule has 0 spiro atoms. The maximum absolute atomic E-state index is 14.2. The summed E-state index contributed by atoms with van der Waals surface area (Å²) in [4.78, 5) is 0. The van der Waals surface area contributed by atoms with Gasteiger partial charge in [-0.3, -0.25) is 0 Å². The van der Waals surface area contributed by atoms with Gasteiger partial charge < -0.3 is 14.5 Å². The zero-order valence-corrected chi connectivity index (χ0v) is 11.4. The Kier molecular flexibility index (Phi) is 4.22. The average molecular weight is 263 g/mol. The molecule has 0 aliphatic carbocycles. The van der Waals surface area contributed by atoms with Crippen molar-refractivity contribution in [2.75, 3.05) is 14.2 Å². The molecule has 19 heavy (non-hydrogen) atoms. The smallest absolute Gasteiger partial charge is 0.132 e. The molecule has 2 rings (SSSR count). The first-order chi connectivity index (χ1) is 9.21. The van der Waals surface area contributed by atoms with Gasteiger partial charge in [0.05, 0.1) is 19.4 Å². The van der Waals surface area contributed by atoms with E-state index in [1.54, 1.807) is 25.4 Å². The van der Waals surface area contributed by atoms with E-state index >= 15 is 0 Å². The molecule has 0 saturated heterocycles. The lowest BCUT2D eigenvalue weighted by atomic mass is 9.98. The fraction of sp³-hybridized carbons (Fsp3) is 0.333. The van der Waals surface area contributed by atoms with E-state index in [0.717, 1.165) is 17.7 Å². The van der Waals surface area contributed by atoms with Crippen LogP contribution in [-0.2, 0) is 6.42 Å². The Balaban J connectivity index is 2.42. The third-order valence-corrected chi connectivity index (χ3v) is 3.22. The highest BCUT2D eigenvalue weighted by Crippen LogP contribution is 2.29. The monoisotopic (exact) mass is 263 g/mol. The summed E-state index contributed by atoms with van der Waals surface area (Å²) >= 11 is 0. The molecule has 4 heteroatoms. The molecule has 0 fully saturated rings. The molecule has 102 valence electrons. The molecule has 3 nitrogen and oxygen atoms in total. The average Bonchev–Trinajstić information content (AvgIpc) is 2.89. The molecule has 1 aromatic carbocycles. The summed E-state index contributed by atoms with van der Waals surface area (Å²) < 4.78 is 24.6. The van der Waals surface area contributed by atoms with Gasteiger partial charge in [0.1, 0.15) is 17.3 Å². The van der Waals surface area contributed by atoms with E-state index in [2.05, 4.69) is 5.32 Å². The predicted molar refractivity (Wildman–Crippen MR) is 71.9 cm³/mol. The third-order valence-electron chi connectivity index (χ3n) is 3.22. The first-order valence-corrected chi connectivity index (χ1v) is 6.28. The Bertz CT molecular complexity index is 551. The number of benzene rings is 1. The SMILES string of the molecule is CCc1occc1C(NC)c1ccc(OC)cc1F. The standard InChI is InChI=1S/C15H18FNO2/c1-4-14-12(7-8-19-14)15(17-2)11-6-5-10(18-3)9-13(11)16/h5-9,15,17H,4H2,1-3H3. The Morgan fingerprint density at radius 2 is 2.11 bits per heavy atom. The zero-order valence-electron chi connectivity index (χ0n) is 11.4. The van der Waals surface area contributed by atoms with Crippen LogP contribution in [0.25, 0.3) is 0 Å². The van der Waals surface area contributed by atoms with Crippen LogP contribution in [0.1, 0.15) is 29.9 Å². The summed E-state index contributed by atoms with van der Waals surface area (Å²) in [6, 6.07) is 6.55. The summed E-state index contributed by atoms with van der Waals surface area (Å²) in [5.74, 6) is 1.09. The Morgan fingerprint density at radius 3 is 2.68 bits per heavy atom. The normalized spacial score (nSPS) is 12.4. The van der Waals surface area contributed by atoms with Gasteiger partial charge in [-0.05, 0) is 19.2 Å². The minimum atomic E-state index is -0.290. The van der Waals surface area contributed by atoms with E-state index in [-0.39, 0.29) is 11.9 Å². The van der Waals surface area contributed by atoms with Crippen molar-refractivity contribution >= 4 is 0 Å². The summed E-state index contributed by atoms with van der Waals surface area (Å²) in [7, 11) is 3.33. The van der Waals surface area contributed by atoms with Gasteiger partial charge in [-0.2, -0.15) is 0 Å². The van der Waals surface area contributed by atoms with Crippen molar-refractivity contribution in [3.8, 4) is 5.75 Å². The number of rotatable bonds is 5. The summed E-state index contributed by atoms with van der Waals surface area (Å²) in [5.41, 5.74) is 1.55. The highest BCUT2D eigenvalue weighted by Gasteiger charge is 2.20. The summed E-state index contributed by atoms with van der Waals surface area (Å²) in [6.45, 7) is 2.01. The summed E-state index contributed by atoms with van der Waals surface area (Å²) in [6.07, 6.45) is 2.41. The van der Waals surface area contributed by atoms with Gasteiger partial charge in [0, 0.05) is 23.6 Å². The lowest BCUT2D eigenvalue weighted by Crippen LogP contribution is -2.19. The van der Waals surface area contributed by atoms with Gasteiger partial charge in [-0.15, -0.1) is 0 Å². The van der Waals surface area contributed by atoms with Crippen molar-refractivity contribution in [3.05, 3.63) is 53.2 Å². The van der Waals surface area contributed by atoms with Crippen LogP contribution in [0, 0.1) is 5.82 Å². The molecule has 1 atom stereocenters. The van der Waals surface area contributed by atoms with Gasteiger partial charge in [0.25, 0.3) is 0 Å². The Morgan fingerprint density at radius 1 is 1.32 bits per heavy atom. The molecule has 0 aliphatic heterocycles. The molecule has 1 unspecified atom stereocenters. The van der Waals surface area contributed by atoms with Crippen molar-refractivity contribution in [1.29, 1.82) is 0 Å². The van der Waals surface area contributed by atoms with Crippen LogP contribution in [0.2, 0.25) is 0 Å². The Hall–Kier alpha value is -1.81. The maximum atomic E-state index is 14.2. The quantitative estimate of drug-likeness (QED) is 0.898. The minimum absolute atomic E-state index is 0.223. The van der Waals surface area contributed by atoms with Crippen LogP contribution in [0.15, 0.2) is 34.9 Å². The molecule has 1 heterocycles. The van der Waals surface area contributed by atoms with Gasteiger partial charge in [0.2, 0.25) is 0 Å².